The molecule has 3 heteroatoms. The molecule has 1 aromatic carbocycles. The van der Waals surface area contributed by atoms with E-state index < -0.39 is 0 Å². The molecule has 0 amide bonds. The Labute approximate surface area is 123 Å². The second-order valence-electron chi connectivity index (χ2n) is 6.26. The van der Waals surface area contributed by atoms with Crippen molar-refractivity contribution in [2.75, 3.05) is 31.6 Å². The smallest absolute Gasteiger partial charge is 0.0633 e. The van der Waals surface area contributed by atoms with Gasteiger partial charge in [-0.05, 0) is 50.8 Å². The zero-order chi connectivity index (χ0) is 14.8. The molecule has 0 heterocycles. The van der Waals surface area contributed by atoms with Gasteiger partial charge in [0.1, 0.15) is 0 Å². The molecule has 1 unspecified atom stereocenters. The lowest BCUT2D eigenvalue weighted by atomic mass is 9.92. The first-order valence-electron chi connectivity index (χ1n) is 7.66. The van der Waals surface area contributed by atoms with Gasteiger partial charge >= 0.3 is 0 Å². The van der Waals surface area contributed by atoms with Crippen LogP contribution in [0.5, 0.6) is 0 Å². The van der Waals surface area contributed by atoms with Gasteiger partial charge in [0.15, 0.2) is 0 Å². The lowest BCUT2D eigenvalue weighted by Gasteiger charge is -2.38. The van der Waals surface area contributed by atoms with Crippen molar-refractivity contribution in [1.29, 1.82) is 0 Å². The van der Waals surface area contributed by atoms with E-state index in [9.17, 15) is 5.11 Å². The molecule has 112 valence electrons. The number of aryl methyl sites for hydroxylation is 2. The highest BCUT2D eigenvalue weighted by Crippen LogP contribution is 2.40. The number of hydrogen-bond acceptors (Lipinski definition) is 3. The minimum Gasteiger partial charge on any atom is -0.394 e. The Balaban J connectivity index is 2.17. The zero-order valence-electron chi connectivity index (χ0n) is 13.2. The van der Waals surface area contributed by atoms with E-state index in [-0.39, 0.29) is 12.1 Å². The van der Waals surface area contributed by atoms with Crippen LogP contribution in [0, 0.1) is 19.8 Å². The maximum absolute atomic E-state index is 9.94. The van der Waals surface area contributed by atoms with Crippen molar-refractivity contribution in [2.24, 2.45) is 5.92 Å². The normalized spacial score (nSPS) is 17.9. The van der Waals surface area contributed by atoms with Crippen molar-refractivity contribution < 1.29 is 5.11 Å². The van der Waals surface area contributed by atoms with Gasteiger partial charge in [-0.25, -0.2) is 0 Å². The number of likely N-dealkylation sites (N-methyl/N-ethyl adjacent to an activating group) is 2. The molecule has 0 radical (unpaired) electrons. The molecule has 1 fully saturated rings. The number of rotatable bonds is 7. The zero-order valence-corrected chi connectivity index (χ0v) is 13.2. The van der Waals surface area contributed by atoms with Gasteiger partial charge in [-0.15, -0.1) is 0 Å². The summed E-state index contributed by atoms with van der Waals surface area (Å²) in [5.74, 6) is 0.612. The minimum atomic E-state index is -0.152. The predicted octanol–water partition coefficient (Wildman–Crippen LogP) is 2.49. The van der Waals surface area contributed by atoms with E-state index in [2.05, 4.69) is 56.2 Å². The van der Waals surface area contributed by atoms with Crippen LogP contribution in [0.1, 0.15) is 30.9 Å². The molecule has 0 bridgehead atoms. The summed E-state index contributed by atoms with van der Waals surface area (Å²) in [4.78, 5) is 2.28. The first-order chi connectivity index (χ1) is 9.52. The molecule has 2 N–H and O–H groups in total. The number of nitrogens with one attached hydrogen (secondary N) is 1. The molecule has 20 heavy (non-hydrogen) atoms. The van der Waals surface area contributed by atoms with Crippen molar-refractivity contribution in [3.63, 3.8) is 0 Å². The fourth-order valence-corrected chi connectivity index (χ4v) is 3.29. The quantitative estimate of drug-likeness (QED) is 0.803. The third-order valence-electron chi connectivity index (χ3n) is 4.45. The molecule has 3 nitrogen and oxygen atoms in total. The average Bonchev–Trinajstić information content (AvgIpc) is 3.22. The monoisotopic (exact) mass is 276 g/mol. The molecule has 1 atom stereocenters. The van der Waals surface area contributed by atoms with Crippen LogP contribution in [0.25, 0.3) is 0 Å². The van der Waals surface area contributed by atoms with E-state index in [1.807, 2.05) is 0 Å². The first kappa shape index (κ1) is 15.3. The lowest BCUT2D eigenvalue weighted by molar-refractivity contribution is 0.146. The summed E-state index contributed by atoms with van der Waals surface area (Å²) in [5, 5.41) is 13.5. The average molecular weight is 276 g/mol. The Morgan fingerprint density at radius 1 is 1.35 bits per heavy atom. The highest BCUT2D eigenvalue weighted by Gasteiger charge is 2.45. The Morgan fingerprint density at radius 2 is 2.05 bits per heavy atom. The Morgan fingerprint density at radius 3 is 2.55 bits per heavy atom. The topological polar surface area (TPSA) is 35.5 Å². The maximum Gasteiger partial charge on any atom is 0.0633 e. The Bertz CT molecular complexity index is 456. The van der Waals surface area contributed by atoms with Gasteiger partial charge in [-0.1, -0.05) is 24.6 Å². The summed E-state index contributed by atoms with van der Waals surface area (Å²) < 4.78 is 0. The second-order valence-corrected chi connectivity index (χ2v) is 6.26. The SMILES string of the molecule is CCNC(CO)(CN(C)c1ccc(C)cc1C)C1CC1. The standard InChI is InChI=1S/C17H28N2O/c1-5-18-17(12-20,15-7-8-15)11-19(4)16-9-6-13(2)10-14(16)3/h6,9-10,15,18,20H,5,7-8,11-12H2,1-4H3. The molecular weight excluding hydrogens is 248 g/mol. The van der Waals surface area contributed by atoms with Crippen molar-refractivity contribution in [3.05, 3.63) is 29.3 Å². The van der Waals surface area contributed by atoms with Gasteiger partial charge in [0.05, 0.1) is 12.1 Å². The summed E-state index contributed by atoms with van der Waals surface area (Å²) >= 11 is 0. The third-order valence-corrected chi connectivity index (χ3v) is 4.45. The molecule has 1 aliphatic rings. The Kier molecular flexibility index (Phi) is 4.71. The van der Waals surface area contributed by atoms with E-state index in [0.29, 0.717) is 5.92 Å². The molecule has 2 rings (SSSR count). The van der Waals surface area contributed by atoms with Gasteiger partial charge < -0.3 is 15.3 Å². The van der Waals surface area contributed by atoms with Crippen LogP contribution >= 0.6 is 0 Å². The van der Waals surface area contributed by atoms with Crippen LogP contribution in [-0.4, -0.2) is 37.4 Å². The molecule has 0 saturated heterocycles. The van der Waals surface area contributed by atoms with Gasteiger partial charge in [-0.3, -0.25) is 0 Å². The highest BCUT2D eigenvalue weighted by molar-refractivity contribution is 5.54. The largest absolute Gasteiger partial charge is 0.394 e. The van der Waals surface area contributed by atoms with Crippen LogP contribution in [0.15, 0.2) is 18.2 Å². The lowest BCUT2D eigenvalue weighted by Crippen LogP contribution is -2.57. The van der Waals surface area contributed by atoms with E-state index in [1.165, 1.54) is 29.7 Å². The number of hydrogen-bond donors (Lipinski definition) is 2. The van der Waals surface area contributed by atoms with E-state index in [4.69, 9.17) is 0 Å². The fourth-order valence-electron chi connectivity index (χ4n) is 3.29. The van der Waals surface area contributed by atoms with Crippen LogP contribution in [-0.2, 0) is 0 Å². The van der Waals surface area contributed by atoms with Crippen LogP contribution in [0.2, 0.25) is 0 Å². The maximum atomic E-state index is 9.94. The van der Waals surface area contributed by atoms with Gasteiger partial charge in [-0.2, -0.15) is 0 Å². The molecule has 1 aliphatic carbocycles. The fraction of sp³-hybridized carbons (Fsp3) is 0.647. The third kappa shape index (κ3) is 3.15. The molecule has 0 aromatic heterocycles. The van der Waals surface area contributed by atoms with Gasteiger partial charge in [0, 0.05) is 19.3 Å². The molecule has 1 saturated carbocycles. The van der Waals surface area contributed by atoms with Crippen molar-refractivity contribution in [1.82, 2.24) is 5.32 Å². The first-order valence-corrected chi connectivity index (χ1v) is 7.66. The van der Waals surface area contributed by atoms with E-state index in [1.54, 1.807) is 0 Å². The van der Waals surface area contributed by atoms with Crippen LogP contribution in [0.4, 0.5) is 5.69 Å². The van der Waals surface area contributed by atoms with E-state index >= 15 is 0 Å². The molecular formula is C17H28N2O. The molecule has 0 spiro atoms. The highest BCUT2D eigenvalue weighted by atomic mass is 16.3. The number of aliphatic hydroxyl groups is 1. The molecule has 1 aromatic rings. The summed E-state index contributed by atoms with van der Waals surface area (Å²) in [7, 11) is 2.13. The van der Waals surface area contributed by atoms with Crippen LogP contribution < -0.4 is 10.2 Å². The summed E-state index contributed by atoms with van der Waals surface area (Å²) in [6.07, 6.45) is 2.46. The van der Waals surface area contributed by atoms with Crippen molar-refractivity contribution >= 4 is 5.69 Å². The summed E-state index contributed by atoms with van der Waals surface area (Å²) in [6, 6.07) is 6.56. The minimum absolute atomic E-state index is 0.152. The van der Waals surface area contributed by atoms with Gasteiger partial charge in [0.2, 0.25) is 0 Å². The summed E-state index contributed by atoms with van der Waals surface area (Å²) in [5.41, 5.74) is 3.70. The second kappa shape index (κ2) is 6.15. The number of aliphatic hydroxyl groups excluding tert-OH is 1. The van der Waals surface area contributed by atoms with Crippen molar-refractivity contribution in [2.45, 2.75) is 39.2 Å². The van der Waals surface area contributed by atoms with Gasteiger partial charge in [0.25, 0.3) is 0 Å². The number of benzene rings is 1. The number of nitrogens with zero attached hydrogens (tertiary/aromatic N) is 1. The van der Waals surface area contributed by atoms with Crippen molar-refractivity contribution in [3.8, 4) is 0 Å². The predicted molar refractivity (Wildman–Crippen MR) is 85.4 cm³/mol. The Hall–Kier alpha value is -1.06. The molecule has 0 aliphatic heterocycles. The van der Waals surface area contributed by atoms with Crippen LogP contribution in [0.3, 0.4) is 0 Å². The number of anilines is 1. The van der Waals surface area contributed by atoms with E-state index in [0.717, 1.165) is 13.1 Å². The summed E-state index contributed by atoms with van der Waals surface area (Å²) in [6.45, 7) is 8.36.